The SMILES string of the molecule is COc1cc(-c2csc(-c3cccc(C)c3C(O)(C(F)(F)F)C(F)(F)F)c2)ccc1CO. The molecule has 3 rings (SSSR count). The fourth-order valence-electron chi connectivity index (χ4n) is 3.48. The first-order valence-corrected chi connectivity index (χ1v) is 10.1. The van der Waals surface area contributed by atoms with Crippen molar-refractivity contribution in [2.24, 2.45) is 0 Å². The maximum Gasteiger partial charge on any atom is 0.430 e. The van der Waals surface area contributed by atoms with Crippen LogP contribution in [0.2, 0.25) is 0 Å². The van der Waals surface area contributed by atoms with Gasteiger partial charge in [-0.05, 0) is 46.7 Å². The quantitative estimate of drug-likeness (QED) is 0.431. The molecule has 0 radical (unpaired) electrons. The second-order valence-corrected chi connectivity index (χ2v) is 8.00. The van der Waals surface area contributed by atoms with E-state index in [1.54, 1.807) is 23.6 Å². The number of aryl methyl sites for hydroxylation is 1. The number of alkyl halides is 6. The second kappa shape index (κ2) is 8.42. The summed E-state index contributed by atoms with van der Waals surface area (Å²) in [6, 6.07) is 9.86. The van der Waals surface area contributed by atoms with E-state index in [4.69, 9.17) is 4.74 Å². The molecule has 0 fully saturated rings. The summed E-state index contributed by atoms with van der Waals surface area (Å²) in [5.74, 6) is 0.387. The van der Waals surface area contributed by atoms with Gasteiger partial charge in [0.15, 0.2) is 0 Å². The molecule has 10 heteroatoms. The molecular formula is C22H18F6O3S. The first kappa shape index (κ1) is 24.1. The Balaban J connectivity index is 2.19. The van der Waals surface area contributed by atoms with Crippen LogP contribution in [0.5, 0.6) is 5.75 Å². The number of hydrogen-bond acceptors (Lipinski definition) is 4. The predicted molar refractivity (Wildman–Crippen MR) is 108 cm³/mol. The lowest BCUT2D eigenvalue weighted by atomic mass is 9.84. The Morgan fingerprint density at radius 1 is 0.938 bits per heavy atom. The van der Waals surface area contributed by atoms with Crippen LogP contribution >= 0.6 is 11.3 Å². The summed E-state index contributed by atoms with van der Waals surface area (Å²) >= 11 is 0.945. The Bertz CT molecular complexity index is 1100. The highest BCUT2D eigenvalue weighted by Crippen LogP contribution is 2.54. The zero-order chi connectivity index (χ0) is 23.9. The molecule has 3 aromatic rings. The van der Waals surface area contributed by atoms with Crippen LogP contribution in [0.15, 0.2) is 47.8 Å². The molecule has 172 valence electrons. The number of aliphatic hydroxyl groups is 2. The van der Waals surface area contributed by atoms with Crippen LogP contribution in [0.25, 0.3) is 21.6 Å². The molecule has 0 aliphatic carbocycles. The van der Waals surface area contributed by atoms with Crippen LogP contribution in [-0.2, 0) is 12.2 Å². The maximum atomic E-state index is 13.6. The van der Waals surface area contributed by atoms with Gasteiger partial charge in [0.05, 0.1) is 13.7 Å². The molecule has 0 aliphatic rings. The van der Waals surface area contributed by atoms with E-state index < -0.39 is 23.5 Å². The van der Waals surface area contributed by atoms with Gasteiger partial charge in [0.2, 0.25) is 0 Å². The third kappa shape index (κ3) is 3.98. The van der Waals surface area contributed by atoms with Crippen molar-refractivity contribution in [3.8, 4) is 27.3 Å². The Morgan fingerprint density at radius 3 is 2.16 bits per heavy atom. The summed E-state index contributed by atoms with van der Waals surface area (Å²) in [6.07, 6.45) is -12.0. The van der Waals surface area contributed by atoms with E-state index >= 15 is 0 Å². The largest absolute Gasteiger partial charge is 0.496 e. The maximum absolute atomic E-state index is 13.6. The predicted octanol–water partition coefficient (Wildman–Crippen LogP) is 6.20. The summed E-state index contributed by atoms with van der Waals surface area (Å²) in [5.41, 5.74) is -5.34. The van der Waals surface area contributed by atoms with Gasteiger partial charge in [0.25, 0.3) is 5.60 Å². The molecule has 3 nitrogen and oxygen atoms in total. The molecule has 0 unspecified atom stereocenters. The number of ether oxygens (including phenoxy) is 1. The van der Waals surface area contributed by atoms with Gasteiger partial charge in [-0.1, -0.05) is 30.3 Å². The Labute approximate surface area is 183 Å². The normalized spacial score (nSPS) is 12.8. The molecule has 0 spiro atoms. The lowest BCUT2D eigenvalue weighted by molar-refractivity contribution is -0.376. The van der Waals surface area contributed by atoms with Gasteiger partial charge in [0, 0.05) is 16.0 Å². The Hall–Kier alpha value is -2.56. The molecule has 0 amide bonds. The first-order chi connectivity index (χ1) is 14.8. The third-order valence-corrected chi connectivity index (χ3v) is 6.07. The molecule has 0 bridgehead atoms. The fraction of sp³-hybridized carbons (Fsp3) is 0.273. The molecule has 0 saturated carbocycles. The average Bonchev–Trinajstić information content (AvgIpc) is 3.21. The molecule has 0 saturated heterocycles. The van der Waals surface area contributed by atoms with Crippen molar-refractivity contribution < 1.29 is 41.3 Å². The van der Waals surface area contributed by atoms with Crippen LogP contribution in [0.1, 0.15) is 16.7 Å². The van der Waals surface area contributed by atoms with Crippen LogP contribution in [0.3, 0.4) is 0 Å². The van der Waals surface area contributed by atoms with Crippen molar-refractivity contribution in [2.75, 3.05) is 7.11 Å². The molecule has 1 aromatic heterocycles. The van der Waals surface area contributed by atoms with Gasteiger partial charge in [-0.3, -0.25) is 0 Å². The lowest BCUT2D eigenvalue weighted by Crippen LogP contribution is -2.54. The van der Waals surface area contributed by atoms with E-state index in [9.17, 15) is 36.6 Å². The van der Waals surface area contributed by atoms with Crippen LogP contribution < -0.4 is 4.74 Å². The van der Waals surface area contributed by atoms with E-state index in [2.05, 4.69) is 0 Å². The molecule has 0 aliphatic heterocycles. The number of benzene rings is 2. The van der Waals surface area contributed by atoms with Gasteiger partial charge in [-0.25, -0.2) is 0 Å². The highest BCUT2D eigenvalue weighted by Gasteiger charge is 2.72. The molecule has 0 atom stereocenters. The molecule has 1 heterocycles. The van der Waals surface area contributed by atoms with E-state index in [1.807, 2.05) is 0 Å². The topological polar surface area (TPSA) is 49.7 Å². The molecule has 32 heavy (non-hydrogen) atoms. The van der Waals surface area contributed by atoms with E-state index in [-0.39, 0.29) is 22.6 Å². The summed E-state index contributed by atoms with van der Waals surface area (Å²) in [6.45, 7) is 0.826. The lowest BCUT2D eigenvalue weighted by Gasteiger charge is -2.35. The highest BCUT2D eigenvalue weighted by atomic mass is 32.1. The number of aliphatic hydroxyl groups excluding tert-OH is 1. The van der Waals surface area contributed by atoms with Crippen LogP contribution in [0, 0.1) is 6.92 Å². The first-order valence-electron chi connectivity index (χ1n) is 9.18. The molecule has 2 N–H and O–H groups in total. The smallest absolute Gasteiger partial charge is 0.430 e. The monoisotopic (exact) mass is 476 g/mol. The number of methoxy groups -OCH3 is 1. The van der Waals surface area contributed by atoms with E-state index in [1.165, 1.54) is 19.2 Å². The Morgan fingerprint density at radius 2 is 1.59 bits per heavy atom. The highest BCUT2D eigenvalue weighted by molar-refractivity contribution is 7.14. The van der Waals surface area contributed by atoms with E-state index in [0.29, 0.717) is 22.4 Å². The van der Waals surface area contributed by atoms with Gasteiger partial charge >= 0.3 is 12.4 Å². The van der Waals surface area contributed by atoms with Crippen LogP contribution in [-0.4, -0.2) is 29.7 Å². The summed E-state index contributed by atoms with van der Waals surface area (Å²) in [7, 11) is 1.41. The summed E-state index contributed by atoms with van der Waals surface area (Å²) < 4.78 is 86.7. The van der Waals surface area contributed by atoms with E-state index in [0.717, 1.165) is 30.4 Å². The molecule has 2 aromatic carbocycles. The fourth-order valence-corrected chi connectivity index (χ4v) is 4.43. The minimum absolute atomic E-state index is 0.121. The average molecular weight is 476 g/mol. The zero-order valence-corrected chi connectivity index (χ0v) is 17.6. The number of halogens is 6. The minimum atomic E-state index is -5.99. The summed E-state index contributed by atoms with van der Waals surface area (Å²) in [5, 5.41) is 21.0. The van der Waals surface area contributed by atoms with Gasteiger partial charge in [-0.2, -0.15) is 26.3 Å². The van der Waals surface area contributed by atoms with Crippen molar-refractivity contribution >= 4 is 11.3 Å². The van der Waals surface area contributed by atoms with Gasteiger partial charge < -0.3 is 14.9 Å². The third-order valence-electron chi connectivity index (χ3n) is 5.11. The second-order valence-electron chi connectivity index (χ2n) is 7.09. The van der Waals surface area contributed by atoms with Crippen molar-refractivity contribution in [2.45, 2.75) is 31.5 Å². The van der Waals surface area contributed by atoms with Crippen molar-refractivity contribution in [1.29, 1.82) is 0 Å². The van der Waals surface area contributed by atoms with Crippen LogP contribution in [0.4, 0.5) is 26.3 Å². The standard InChI is InChI=1S/C22H18F6O3S/c1-12-4-3-5-16(19(12)20(30,21(23,24)25)22(26,27)28)18-9-15(11-32-18)13-6-7-14(10-29)17(8-13)31-2/h3-9,11,29-30H,10H2,1-2H3. The van der Waals surface area contributed by atoms with Crippen molar-refractivity contribution in [3.05, 3.63) is 64.5 Å². The van der Waals surface area contributed by atoms with Gasteiger partial charge in [0.1, 0.15) is 5.75 Å². The van der Waals surface area contributed by atoms with Crippen molar-refractivity contribution in [1.82, 2.24) is 0 Å². The molecular weight excluding hydrogens is 458 g/mol. The number of thiophene rings is 1. The minimum Gasteiger partial charge on any atom is -0.496 e. The van der Waals surface area contributed by atoms with Crippen molar-refractivity contribution in [3.63, 3.8) is 0 Å². The van der Waals surface area contributed by atoms with Gasteiger partial charge in [-0.15, -0.1) is 11.3 Å². The number of rotatable bonds is 5. The Kier molecular flexibility index (Phi) is 6.34. The number of hydrogen-bond donors (Lipinski definition) is 2. The zero-order valence-electron chi connectivity index (χ0n) is 16.8. The summed E-state index contributed by atoms with van der Waals surface area (Å²) in [4.78, 5) is 0.121.